The van der Waals surface area contributed by atoms with Gasteiger partial charge in [0.1, 0.15) is 5.82 Å². The molecule has 0 bridgehead atoms. The van der Waals surface area contributed by atoms with E-state index in [0.29, 0.717) is 0 Å². The van der Waals surface area contributed by atoms with Crippen LogP contribution in [0.5, 0.6) is 0 Å². The molecule has 0 radical (unpaired) electrons. The Balaban J connectivity index is 1.62. The van der Waals surface area contributed by atoms with Crippen LogP contribution in [0.1, 0.15) is 0 Å². The first kappa shape index (κ1) is 15.2. The molecule has 0 amide bonds. The zero-order chi connectivity index (χ0) is 17.7. The number of nitrogens with zero attached hydrogens (tertiary/aromatic N) is 4. The highest BCUT2D eigenvalue weighted by atomic mass is 32.1. The summed E-state index contributed by atoms with van der Waals surface area (Å²) in [5, 5.41) is 2.04. The Morgan fingerprint density at radius 2 is 1.88 bits per heavy atom. The zero-order valence-electron chi connectivity index (χ0n) is 14.5. The highest BCUT2D eigenvalue weighted by Gasteiger charge is 2.13. The van der Waals surface area contributed by atoms with Gasteiger partial charge in [-0.15, -0.1) is 11.3 Å². The van der Waals surface area contributed by atoms with Crippen molar-refractivity contribution in [3.8, 4) is 22.6 Å². The van der Waals surface area contributed by atoms with Crippen molar-refractivity contribution in [1.29, 1.82) is 0 Å². The van der Waals surface area contributed by atoms with Crippen molar-refractivity contribution < 1.29 is 0 Å². The van der Waals surface area contributed by atoms with Crippen LogP contribution in [0.4, 0.5) is 5.69 Å². The summed E-state index contributed by atoms with van der Waals surface area (Å²) < 4.78 is 2.05. The van der Waals surface area contributed by atoms with E-state index in [4.69, 9.17) is 9.97 Å². The van der Waals surface area contributed by atoms with Crippen LogP contribution in [0, 0.1) is 0 Å². The van der Waals surface area contributed by atoms with Gasteiger partial charge < -0.3 is 9.88 Å². The number of thiazole rings is 1. The van der Waals surface area contributed by atoms with Gasteiger partial charge in [0.25, 0.3) is 0 Å². The third-order valence-corrected chi connectivity index (χ3v) is 5.32. The van der Waals surface area contributed by atoms with Gasteiger partial charge in [0, 0.05) is 48.7 Å². The fourth-order valence-electron chi connectivity index (χ4n) is 3.16. The normalized spacial score (nSPS) is 11.5. The van der Waals surface area contributed by atoms with Crippen molar-refractivity contribution in [3.05, 3.63) is 60.2 Å². The van der Waals surface area contributed by atoms with Crippen molar-refractivity contribution in [1.82, 2.24) is 19.4 Å². The Morgan fingerprint density at radius 3 is 2.65 bits per heavy atom. The first-order valence-corrected chi connectivity index (χ1v) is 9.26. The third kappa shape index (κ3) is 2.38. The second kappa shape index (κ2) is 5.71. The highest BCUT2D eigenvalue weighted by molar-refractivity contribution is 7.15. The number of para-hydroxylation sites is 1. The predicted molar refractivity (Wildman–Crippen MR) is 108 cm³/mol. The van der Waals surface area contributed by atoms with Gasteiger partial charge in [0.05, 0.1) is 16.7 Å². The van der Waals surface area contributed by atoms with Crippen LogP contribution in [0.15, 0.2) is 60.2 Å². The molecule has 3 heterocycles. The molecule has 1 N–H and O–H groups in total. The number of imidazole rings is 2. The van der Waals surface area contributed by atoms with Gasteiger partial charge in [-0.05, 0) is 30.3 Å². The van der Waals surface area contributed by atoms with Gasteiger partial charge in [-0.25, -0.2) is 9.97 Å². The summed E-state index contributed by atoms with van der Waals surface area (Å²) in [5.74, 6) is 0.874. The summed E-state index contributed by atoms with van der Waals surface area (Å²) in [4.78, 5) is 16.1. The van der Waals surface area contributed by atoms with Crippen molar-refractivity contribution in [3.63, 3.8) is 0 Å². The molecule has 2 aromatic carbocycles. The SMILES string of the molecule is CN(C)c1ccc(-c2nc3cccc(-c4cn5ccsc5n4)c3[nH]2)cc1. The summed E-state index contributed by atoms with van der Waals surface area (Å²) in [6.07, 6.45) is 4.09. The van der Waals surface area contributed by atoms with E-state index in [1.54, 1.807) is 11.3 Å². The summed E-state index contributed by atoms with van der Waals surface area (Å²) in [6, 6.07) is 14.6. The number of fused-ring (bicyclic) bond motifs is 2. The van der Waals surface area contributed by atoms with E-state index < -0.39 is 0 Å². The van der Waals surface area contributed by atoms with Crippen molar-refractivity contribution in [2.24, 2.45) is 0 Å². The molecule has 0 aliphatic carbocycles. The first-order chi connectivity index (χ1) is 12.7. The molecule has 0 aliphatic rings. The molecule has 0 fully saturated rings. The van der Waals surface area contributed by atoms with Gasteiger partial charge in [-0.1, -0.05) is 12.1 Å². The largest absolute Gasteiger partial charge is 0.378 e. The second-order valence-corrected chi connectivity index (χ2v) is 7.32. The number of rotatable bonds is 3. The number of anilines is 1. The Morgan fingerprint density at radius 1 is 1.04 bits per heavy atom. The van der Waals surface area contributed by atoms with Crippen LogP contribution in [-0.4, -0.2) is 33.4 Å². The molecule has 128 valence electrons. The van der Waals surface area contributed by atoms with E-state index in [1.165, 1.54) is 5.69 Å². The number of benzene rings is 2. The van der Waals surface area contributed by atoms with Gasteiger partial charge in [0.2, 0.25) is 0 Å². The lowest BCUT2D eigenvalue weighted by atomic mass is 10.1. The number of H-pyrrole nitrogens is 1. The quantitative estimate of drug-likeness (QED) is 0.509. The molecule has 0 spiro atoms. The van der Waals surface area contributed by atoms with Crippen LogP contribution < -0.4 is 4.90 Å². The Labute approximate surface area is 154 Å². The van der Waals surface area contributed by atoms with E-state index in [0.717, 1.165) is 38.6 Å². The summed E-state index contributed by atoms with van der Waals surface area (Å²) in [7, 11) is 4.08. The minimum atomic E-state index is 0.874. The third-order valence-electron chi connectivity index (χ3n) is 4.54. The smallest absolute Gasteiger partial charge is 0.194 e. The second-order valence-electron chi connectivity index (χ2n) is 6.45. The molecule has 5 aromatic rings. The van der Waals surface area contributed by atoms with Crippen LogP contribution >= 0.6 is 11.3 Å². The van der Waals surface area contributed by atoms with Crippen LogP contribution in [-0.2, 0) is 0 Å². The molecule has 26 heavy (non-hydrogen) atoms. The Hall–Kier alpha value is -3.12. The van der Waals surface area contributed by atoms with Gasteiger partial charge >= 0.3 is 0 Å². The predicted octanol–water partition coefficient (Wildman–Crippen LogP) is 4.67. The van der Waals surface area contributed by atoms with E-state index in [1.807, 2.05) is 37.8 Å². The molecule has 6 heteroatoms. The number of nitrogens with one attached hydrogen (secondary N) is 1. The topological polar surface area (TPSA) is 49.2 Å². The average Bonchev–Trinajstić information content (AvgIpc) is 3.35. The number of aromatic nitrogens is 4. The molecule has 5 rings (SSSR count). The molecular weight excluding hydrogens is 342 g/mol. The first-order valence-electron chi connectivity index (χ1n) is 8.38. The number of hydrogen-bond donors (Lipinski definition) is 1. The van der Waals surface area contributed by atoms with Crippen LogP contribution in [0.25, 0.3) is 38.6 Å². The Kier molecular flexibility index (Phi) is 3.33. The van der Waals surface area contributed by atoms with Crippen molar-refractivity contribution in [2.45, 2.75) is 0 Å². The molecule has 0 unspecified atom stereocenters. The monoisotopic (exact) mass is 359 g/mol. The lowest BCUT2D eigenvalue weighted by Crippen LogP contribution is -2.07. The van der Waals surface area contributed by atoms with Crippen molar-refractivity contribution >= 4 is 33.0 Å². The van der Waals surface area contributed by atoms with Crippen LogP contribution in [0.3, 0.4) is 0 Å². The summed E-state index contributed by atoms with van der Waals surface area (Å²) in [5.41, 5.74) is 6.24. The molecule has 5 nitrogen and oxygen atoms in total. The minimum absolute atomic E-state index is 0.874. The van der Waals surface area contributed by atoms with E-state index in [-0.39, 0.29) is 0 Å². The minimum Gasteiger partial charge on any atom is -0.378 e. The summed E-state index contributed by atoms with van der Waals surface area (Å²) in [6.45, 7) is 0. The molecular formula is C20H17N5S. The maximum absolute atomic E-state index is 4.78. The van der Waals surface area contributed by atoms with Gasteiger partial charge in [0.15, 0.2) is 4.96 Å². The summed E-state index contributed by atoms with van der Waals surface area (Å²) >= 11 is 1.64. The van der Waals surface area contributed by atoms with Crippen LogP contribution in [0.2, 0.25) is 0 Å². The van der Waals surface area contributed by atoms with Gasteiger partial charge in [-0.2, -0.15) is 0 Å². The number of aromatic amines is 1. The van der Waals surface area contributed by atoms with E-state index >= 15 is 0 Å². The lowest BCUT2D eigenvalue weighted by molar-refractivity contribution is 1.13. The van der Waals surface area contributed by atoms with Gasteiger partial charge in [-0.3, -0.25) is 4.40 Å². The van der Waals surface area contributed by atoms with E-state index in [9.17, 15) is 0 Å². The maximum atomic E-state index is 4.78. The fourth-order valence-corrected chi connectivity index (χ4v) is 3.86. The lowest BCUT2D eigenvalue weighted by Gasteiger charge is -2.12. The maximum Gasteiger partial charge on any atom is 0.194 e. The Bertz CT molecular complexity index is 1180. The molecule has 0 atom stereocenters. The van der Waals surface area contributed by atoms with Crippen molar-refractivity contribution in [2.75, 3.05) is 19.0 Å². The number of hydrogen-bond acceptors (Lipinski definition) is 4. The molecule has 3 aromatic heterocycles. The molecule has 0 saturated heterocycles. The zero-order valence-corrected chi connectivity index (χ0v) is 15.3. The molecule has 0 saturated carbocycles. The standard InChI is InChI=1S/C20H17N5S/c1-24(2)14-8-6-13(7-9-14)19-21-16-5-3-4-15(18(16)23-19)17-12-25-10-11-26-20(25)22-17/h3-12H,1-2H3,(H,21,23). The van der Waals surface area contributed by atoms with E-state index in [2.05, 4.69) is 50.8 Å². The molecule has 0 aliphatic heterocycles. The highest BCUT2D eigenvalue weighted by Crippen LogP contribution is 2.30. The average molecular weight is 359 g/mol. The fraction of sp³-hybridized carbons (Fsp3) is 0.100.